The predicted octanol–water partition coefficient (Wildman–Crippen LogP) is 2.41. The number of amides is 1. The maximum Gasteiger partial charge on any atom is 0.226 e. The van der Waals surface area contributed by atoms with Gasteiger partial charge in [-0.3, -0.25) is 4.79 Å². The molecule has 2 unspecified atom stereocenters. The van der Waals surface area contributed by atoms with Gasteiger partial charge in [-0.2, -0.15) is 0 Å². The lowest BCUT2D eigenvalue weighted by atomic mass is 9.96. The number of rotatable bonds is 3. The molecule has 0 aromatic rings. The Hall–Kier alpha value is -0.570. The largest absolute Gasteiger partial charge is 0.342 e. The third-order valence-electron chi connectivity index (χ3n) is 4.50. The van der Waals surface area contributed by atoms with E-state index in [4.69, 9.17) is 0 Å². The Kier molecular flexibility index (Phi) is 5.48. The minimum atomic E-state index is 0.251. The van der Waals surface area contributed by atoms with Crippen molar-refractivity contribution in [2.24, 2.45) is 11.8 Å². The third-order valence-corrected chi connectivity index (χ3v) is 4.50. The number of piperidine rings is 1. The van der Waals surface area contributed by atoms with E-state index in [-0.39, 0.29) is 5.92 Å². The van der Waals surface area contributed by atoms with Gasteiger partial charge in [-0.25, -0.2) is 0 Å². The average Bonchev–Trinajstić information content (AvgIpc) is 2.65. The normalized spacial score (nSPS) is 29.9. The molecule has 2 atom stereocenters. The van der Waals surface area contributed by atoms with Gasteiger partial charge in [0.15, 0.2) is 0 Å². The lowest BCUT2D eigenvalue weighted by Gasteiger charge is -2.29. The second kappa shape index (κ2) is 7.13. The van der Waals surface area contributed by atoms with Crippen LogP contribution in [0.2, 0.25) is 0 Å². The van der Waals surface area contributed by atoms with Crippen molar-refractivity contribution in [1.29, 1.82) is 0 Å². The molecule has 0 spiro atoms. The van der Waals surface area contributed by atoms with Crippen LogP contribution in [0.3, 0.4) is 0 Å². The monoisotopic (exact) mass is 252 g/mol. The molecule has 0 bridgehead atoms. The highest BCUT2D eigenvalue weighted by Gasteiger charge is 2.27. The zero-order chi connectivity index (χ0) is 12.8. The van der Waals surface area contributed by atoms with Crippen molar-refractivity contribution in [2.75, 3.05) is 26.2 Å². The summed E-state index contributed by atoms with van der Waals surface area (Å²) in [6, 6.07) is 0. The van der Waals surface area contributed by atoms with E-state index in [2.05, 4.69) is 17.1 Å². The Morgan fingerprint density at radius 1 is 1.22 bits per heavy atom. The average molecular weight is 252 g/mol. The van der Waals surface area contributed by atoms with Crippen molar-refractivity contribution in [3.63, 3.8) is 0 Å². The minimum absolute atomic E-state index is 0.251. The Labute approximate surface area is 111 Å². The number of carbonyl (C=O) groups is 1. The van der Waals surface area contributed by atoms with Crippen molar-refractivity contribution in [3.05, 3.63) is 0 Å². The number of nitrogens with zero attached hydrogens (tertiary/aromatic N) is 1. The third kappa shape index (κ3) is 3.71. The van der Waals surface area contributed by atoms with Crippen LogP contribution in [0.4, 0.5) is 0 Å². The molecular weight excluding hydrogens is 224 g/mol. The zero-order valence-electron chi connectivity index (χ0n) is 11.8. The first-order chi connectivity index (χ1) is 8.81. The molecule has 2 heterocycles. The van der Waals surface area contributed by atoms with Crippen LogP contribution in [0.15, 0.2) is 0 Å². The summed E-state index contributed by atoms with van der Waals surface area (Å²) in [5.41, 5.74) is 0. The first-order valence-electron chi connectivity index (χ1n) is 7.80. The van der Waals surface area contributed by atoms with Gasteiger partial charge in [0.2, 0.25) is 5.91 Å². The Bertz CT molecular complexity index is 261. The van der Waals surface area contributed by atoms with E-state index in [0.717, 1.165) is 44.9 Å². The molecule has 0 aliphatic carbocycles. The second-order valence-electron chi connectivity index (χ2n) is 5.95. The van der Waals surface area contributed by atoms with E-state index in [1.807, 2.05) is 0 Å². The van der Waals surface area contributed by atoms with Crippen molar-refractivity contribution >= 4 is 5.91 Å². The topological polar surface area (TPSA) is 32.3 Å². The first kappa shape index (κ1) is 13.9. The van der Waals surface area contributed by atoms with Gasteiger partial charge < -0.3 is 10.2 Å². The molecular formula is C15H28N2O. The number of nitrogens with one attached hydrogen (secondary N) is 1. The highest BCUT2D eigenvalue weighted by atomic mass is 16.2. The quantitative estimate of drug-likeness (QED) is 0.836. The van der Waals surface area contributed by atoms with Crippen molar-refractivity contribution in [2.45, 2.75) is 51.9 Å². The van der Waals surface area contributed by atoms with Gasteiger partial charge in [0.1, 0.15) is 0 Å². The molecule has 0 radical (unpaired) electrons. The highest BCUT2D eigenvalue weighted by Crippen LogP contribution is 2.23. The van der Waals surface area contributed by atoms with E-state index in [0.29, 0.717) is 5.91 Å². The van der Waals surface area contributed by atoms with Crippen LogP contribution in [0, 0.1) is 11.8 Å². The summed E-state index contributed by atoms with van der Waals surface area (Å²) in [6.45, 7) is 6.24. The standard InChI is InChI=1S/C15H28N2O/c1-2-5-13-6-4-10-17(11-8-13)15(18)14-7-3-9-16-12-14/h13-14,16H,2-12H2,1H3. The molecule has 3 heteroatoms. The Morgan fingerprint density at radius 2 is 2.11 bits per heavy atom. The van der Waals surface area contributed by atoms with Crippen LogP contribution >= 0.6 is 0 Å². The lowest BCUT2D eigenvalue weighted by Crippen LogP contribution is -2.43. The van der Waals surface area contributed by atoms with Crippen LogP contribution in [0.25, 0.3) is 0 Å². The van der Waals surface area contributed by atoms with E-state index >= 15 is 0 Å². The molecule has 3 nitrogen and oxygen atoms in total. The lowest BCUT2D eigenvalue weighted by molar-refractivity contribution is -0.136. The maximum absolute atomic E-state index is 12.5. The summed E-state index contributed by atoms with van der Waals surface area (Å²) >= 11 is 0. The Balaban J connectivity index is 1.82. The molecule has 0 aromatic carbocycles. The molecule has 1 N–H and O–H groups in total. The van der Waals surface area contributed by atoms with E-state index < -0.39 is 0 Å². The maximum atomic E-state index is 12.5. The van der Waals surface area contributed by atoms with Crippen LogP contribution in [-0.2, 0) is 4.79 Å². The number of hydrogen-bond acceptors (Lipinski definition) is 2. The summed E-state index contributed by atoms with van der Waals surface area (Å²) in [5.74, 6) is 1.53. The van der Waals surface area contributed by atoms with Gasteiger partial charge in [0.25, 0.3) is 0 Å². The molecule has 2 aliphatic heterocycles. The molecule has 1 amide bonds. The number of carbonyl (C=O) groups excluding carboxylic acids is 1. The zero-order valence-corrected chi connectivity index (χ0v) is 11.8. The van der Waals surface area contributed by atoms with E-state index in [9.17, 15) is 4.79 Å². The SMILES string of the molecule is CCCC1CCCN(C(=O)C2CCCNC2)CC1. The van der Waals surface area contributed by atoms with Gasteiger partial charge in [-0.05, 0) is 44.6 Å². The molecule has 0 aromatic heterocycles. The van der Waals surface area contributed by atoms with Crippen LogP contribution < -0.4 is 5.32 Å². The van der Waals surface area contributed by atoms with E-state index in [1.54, 1.807) is 0 Å². The molecule has 2 saturated heterocycles. The molecule has 18 heavy (non-hydrogen) atoms. The molecule has 2 aliphatic rings. The molecule has 0 saturated carbocycles. The molecule has 2 rings (SSSR count). The molecule has 2 fully saturated rings. The fraction of sp³-hybridized carbons (Fsp3) is 0.933. The van der Waals surface area contributed by atoms with Crippen molar-refractivity contribution in [1.82, 2.24) is 10.2 Å². The first-order valence-corrected chi connectivity index (χ1v) is 7.80. The van der Waals surface area contributed by atoms with Crippen LogP contribution in [0.5, 0.6) is 0 Å². The van der Waals surface area contributed by atoms with E-state index in [1.165, 1.54) is 32.1 Å². The summed E-state index contributed by atoms with van der Waals surface area (Å²) in [7, 11) is 0. The van der Waals surface area contributed by atoms with Gasteiger partial charge in [0.05, 0.1) is 5.92 Å². The van der Waals surface area contributed by atoms with Gasteiger partial charge in [-0.1, -0.05) is 19.8 Å². The van der Waals surface area contributed by atoms with Gasteiger partial charge in [-0.15, -0.1) is 0 Å². The van der Waals surface area contributed by atoms with Gasteiger partial charge >= 0.3 is 0 Å². The fourth-order valence-electron chi connectivity index (χ4n) is 3.40. The predicted molar refractivity (Wildman–Crippen MR) is 74.4 cm³/mol. The highest BCUT2D eigenvalue weighted by molar-refractivity contribution is 5.79. The second-order valence-corrected chi connectivity index (χ2v) is 5.95. The summed E-state index contributed by atoms with van der Waals surface area (Å²) in [4.78, 5) is 14.6. The summed E-state index contributed by atoms with van der Waals surface area (Å²) in [6.07, 6.45) is 8.61. The van der Waals surface area contributed by atoms with Crippen molar-refractivity contribution < 1.29 is 4.79 Å². The van der Waals surface area contributed by atoms with Crippen molar-refractivity contribution in [3.8, 4) is 0 Å². The smallest absolute Gasteiger partial charge is 0.226 e. The summed E-state index contributed by atoms with van der Waals surface area (Å²) < 4.78 is 0. The molecule has 104 valence electrons. The number of hydrogen-bond donors (Lipinski definition) is 1. The summed E-state index contributed by atoms with van der Waals surface area (Å²) in [5, 5.41) is 3.35. The number of likely N-dealkylation sites (tertiary alicyclic amines) is 1. The van der Waals surface area contributed by atoms with Crippen LogP contribution in [-0.4, -0.2) is 37.0 Å². The van der Waals surface area contributed by atoms with Gasteiger partial charge in [0, 0.05) is 19.6 Å². The Morgan fingerprint density at radius 3 is 2.83 bits per heavy atom. The fourth-order valence-corrected chi connectivity index (χ4v) is 3.40. The minimum Gasteiger partial charge on any atom is -0.342 e. The van der Waals surface area contributed by atoms with Crippen LogP contribution in [0.1, 0.15) is 51.9 Å².